The van der Waals surface area contributed by atoms with Gasteiger partial charge in [-0.05, 0) is 18.2 Å². The minimum atomic E-state index is -0.490. The molecule has 0 aliphatic carbocycles. The second-order valence-electron chi connectivity index (χ2n) is 2.43. The second-order valence-corrected chi connectivity index (χ2v) is 2.43. The lowest BCUT2D eigenvalue weighted by atomic mass is 10.2. The van der Waals surface area contributed by atoms with Crippen molar-refractivity contribution in [3.05, 3.63) is 41.5 Å². The van der Waals surface area contributed by atoms with Crippen LogP contribution >= 0.6 is 0 Å². The van der Waals surface area contributed by atoms with Crippen LogP contribution in [0.1, 0.15) is 12.0 Å². The topological polar surface area (TPSA) is 23.8 Å². The molecule has 1 rings (SSSR count). The van der Waals surface area contributed by atoms with Crippen molar-refractivity contribution in [3.63, 3.8) is 0 Å². The molecule has 13 heavy (non-hydrogen) atoms. The van der Waals surface area contributed by atoms with Gasteiger partial charge < -0.3 is 0 Å². The summed E-state index contributed by atoms with van der Waals surface area (Å²) in [5.74, 6) is -0.978. The van der Waals surface area contributed by atoms with Crippen molar-refractivity contribution < 1.29 is 8.78 Å². The Morgan fingerprint density at radius 2 is 2.15 bits per heavy atom. The monoisotopic (exact) mass is 179 g/mol. The molecule has 0 aromatic heterocycles. The molecule has 0 saturated heterocycles. The third-order valence-electron chi connectivity index (χ3n) is 1.46. The summed E-state index contributed by atoms with van der Waals surface area (Å²) in [6.07, 6.45) is 3.06. The molecule has 0 unspecified atom stereocenters. The summed E-state index contributed by atoms with van der Waals surface area (Å²) in [6, 6.07) is 5.07. The van der Waals surface area contributed by atoms with E-state index >= 15 is 0 Å². The predicted molar refractivity (Wildman–Crippen MR) is 45.6 cm³/mol. The minimum Gasteiger partial charge on any atom is -0.207 e. The number of allylic oxidation sites excluding steroid dienone is 1. The molecule has 0 amide bonds. The van der Waals surface area contributed by atoms with Crippen molar-refractivity contribution >= 4 is 6.08 Å². The van der Waals surface area contributed by atoms with E-state index in [-0.39, 0.29) is 12.0 Å². The number of rotatable bonds is 2. The van der Waals surface area contributed by atoms with Crippen molar-refractivity contribution in [1.29, 1.82) is 5.26 Å². The maximum Gasteiger partial charge on any atom is 0.130 e. The van der Waals surface area contributed by atoms with Crippen molar-refractivity contribution in [3.8, 4) is 6.07 Å². The molecule has 0 aliphatic rings. The van der Waals surface area contributed by atoms with Gasteiger partial charge in [0.15, 0.2) is 0 Å². The summed E-state index contributed by atoms with van der Waals surface area (Å²) >= 11 is 0. The molecular weight excluding hydrogens is 172 g/mol. The van der Waals surface area contributed by atoms with E-state index in [4.69, 9.17) is 5.26 Å². The maximum atomic E-state index is 12.9. The Hall–Kier alpha value is -1.69. The highest BCUT2D eigenvalue weighted by atomic mass is 19.1. The average molecular weight is 179 g/mol. The number of benzene rings is 1. The van der Waals surface area contributed by atoms with Crippen molar-refractivity contribution in [2.45, 2.75) is 6.42 Å². The number of hydrogen-bond acceptors (Lipinski definition) is 1. The summed E-state index contributed by atoms with van der Waals surface area (Å²) in [5.41, 5.74) is 0.162. The smallest absolute Gasteiger partial charge is 0.130 e. The molecule has 1 nitrogen and oxygen atoms in total. The fourth-order valence-corrected chi connectivity index (χ4v) is 0.881. The van der Waals surface area contributed by atoms with E-state index in [1.807, 2.05) is 6.07 Å². The van der Waals surface area contributed by atoms with E-state index in [0.717, 1.165) is 18.2 Å². The second kappa shape index (κ2) is 4.36. The first-order valence-corrected chi connectivity index (χ1v) is 3.72. The van der Waals surface area contributed by atoms with Gasteiger partial charge in [-0.2, -0.15) is 5.26 Å². The molecule has 0 aliphatic heterocycles. The van der Waals surface area contributed by atoms with Gasteiger partial charge in [-0.3, -0.25) is 0 Å². The summed E-state index contributed by atoms with van der Waals surface area (Å²) in [6.45, 7) is 0. The van der Waals surface area contributed by atoms with Gasteiger partial charge in [0.1, 0.15) is 11.6 Å². The van der Waals surface area contributed by atoms with Gasteiger partial charge in [-0.1, -0.05) is 12.2 Å². The van der Waals surface area contributed by atoms with Gasteiger partial charge in [0, 0.05) is 5.56 Å². The van der Waals surface area contributed by atoms with Crippen molar-refractivity contribution in [2.75, 3.05) is 0 Å². The standard InChI is InChI=1S/C10H7F2N/c11-9-4-5-10(12)8(7-9)3-1-2-6-13/h1,3-5,7H,2H2. The highest BCUT2D eigenvalue weighted by molar-refractivity contribution is 5.50. The van der Waals surface area contributed by atoms with E-state index in [1.165, 1.54) is 12.2 Å². The Morgan fingerprint density at radius 3 is 2.85 bits per heavy atom. The number of halogens is 2. The zero-order valence-electron chi connectivity index (χ0n) is 6.80. The number of hydrogen-bond donors (Lipinski definition) is 0. The Labute approximate surface area is 74.9 Å². The summed E-state index contributed by atoms with van der Waals surface area (Å²) in [4.78, 5) is 0. The average Bonchev–Trinajstić information content (AvgIpc) is 2.11. The lowest BCUT2D eigenvalue weighted by molar-refractivity contribution is 0.598. The summed E-state index contributed by atoms with van der Waals surface area (Å²) in [7, 11) is 0. The molecule has 0 fully saturated rings. The lowest BCUT2D eigenvalue weighted by Gasteiger charge is -1.95. The van der Waals surface area contributed by atoms with Gasteiger partial charge in [-0.25, -0.2) is 8.78 Å². The first-order chi connectivity index (χ1) is 6.24. The Bertz CT molecular complexity index is 364. The largest absolute Gasteiger partial charge is 0.207 e. The fraction of sp³-hybridized carbons (Fsp3) is 0.100. The molecular formula is C10H7F2N. The van der Waals surface area contributed by atoms with Crippen molar-refractivity contribution in [1.82, 2.24) is 0 Å². The quantitative estimate of drug-likeness (QED) is 0.684. The van der Waals surface area contributed by atoms with Gasteiger partial charge >= 0.3 is 0 Å². The predicted octanol–water partition coefficient (Wildman–Crippen LogP) is 2.89. The molecule has 0 spiro atoms. The van der Waals surface area contributed by atoms with Crippen LogP contribution in [0.2, 0.25) is 0 Å². The third kappa shape index (κ3) is 2.68. The molecule has 0 saturated carbocycles. The van der Waals surface area contributed by atoms with E-state index in [0.29, 0.717) is 0 Å². The molecule has 3 heteroatoms. The number of nitrogens with zero attached hydrogens (tertiary/aromatic N) is 1. The SMILES string of the molecule is N#CCC=Cc1cc(F)ccc1F. The van der Waals surface area contributed by atoms with E-state index in [2.05, 4.69) is 0 Å². The Kier molecular flexibility index (Phi) is 3.15. The third-order valence-corrected chi connectivity index (χ3v) is 1.46. The molecule has 1 aromatic rings. The maximum absolute atomic E-state index is 12.9. The van der Waals surface area contributed by atoms with Crippen LogP contribution in [0, 0.1) is 23.0 Å². The fourth-order valence-electron chi connectivity index (χ4n) is 0.881. The van der Waals surface area contributed by atoms with Crippen LogP contribution in [0.15, 0.2) is 24.3 Å². The van der Waals surface area contributed by atoms with Crippen LogP contribution in [0.3, 0.4) is 0 Å². The van der Waals surface area contributed by atoms with Gasteiger partial charge in [0.2, 0.25) is 0 Å². The van der Waals surface area contributed by atoms with Gasteiger partial charge in [0.25, 0.3) is 0 Å². The Balaban J connectivity index is 2.88. The lowest BCUT2D eigenvalue weighted by Crippen LogP contribution is -1.83. The summed E-state index contributed by atoms with van der Waals surface area (Å²) < 4.78 is 25.5. The molecule has 0 heterocycles. The van der Waals surface area contributed by atoms with Gasteiger partial charge in [0.05, 0.1) is 12.5 Å². The molecule has 0 atom stereocenters. The van der Waals surface area contributed by atoms with E-state index < -0.39 is 11.6 Å². The minimum absolute atomic E-state index is 0.162. The van der Waals surface area contributed by atoms with Crippen LogP contribution in [0.4, 0.5) is 8.78 Å². The number of nitriles is 1. The van der Waals surface area contributed by atoms with Crippen LogP contribution < -0.4 is 0 Å². The van der Waals surface area contributed by atoms with Crippen molar-refractivity contribution in [2.24, 2.45) is 0 Å². The van der Waals surface area contributed by atoms with Gasteiger partial charge in [-0.15, -0.1) is 0 Å². The molecule has 0 radical (unpaired) electrons. The summed E-state index contributed by atoms with van der Waals surface area (Å²) in [5, 5.41) is 8.20. The van der Waals surface area contributed by atoms with Crippen LogP contribution in [0.5, 0.6) is 0 Å². The molecule has 0 bridgehead atoms. The Morgan fingerprint density at radius 1 is 1.38 bits per heavy atom. The van der Waals surface area contributed by atoms with Crippen LogP contribution in [-0.4, -0.2) is 0 Å². The van der Waals surface area contributed by atoms with Crippen LogP contribution in [0.25, 0.3) is 6.08 Å². The zero-order chi connectivity index (χ0) is 9.68. The highest BCUT2D eigenvalue weighted by Crippen LogP contribution is 2.11. The molecule has 1 aromatic carbocycles. The van der Waals surface area contributed by atoms with E-state index in [1.54, 1.807) is 0 Å². The molecule has 0 N–H and O–H groups in total. The normalized spacial score (nSPS) is 10.2. The van der Waals surface area contributed by atoms with Crippen LogP contribution in [-0.2, 0) is 0 Å². The highest BCUT2D eigenvalue weighted by Gasteiger charge is 1.98. The first kappa shape index (κ1) is 9.40. The molecule has 66 valence electrons. The zero-order valence-corrected chi connectivity index (χ0v) is 6.80. The van der Waals surface area contributed by atoms with E-state index in [9.17, 15) is 8.78 Å². The first-order valence-electron chi connectivity index (χ1n) is 3.72.